The molecule has 0 saturated heterocycles. The summed E-state index contributed by atoms with van der Waals surface area (Å²) < 4.78 is 5.58. The predicted octanol–water partition coefficient (Wildman–Crippen LogP) is 2.68. The van der Waals surface area contributed by atoms with Gasteiger partial charge in [0.25, 0.3) is 5.69 Å². The van der Waals surface area contributed by atoms with E-state index in [1.54, 1.807) is 38.1 Å². The van der Waals surface area contributed by atoms with Gasteiger partial charge in [0.1, 0.15) is 12.4 Å². The second-order valence-corrected chi connectivity index (χ2v) is 4.71. The van der Waals surface area contributed by atoms with Gasteiger partial charge in [-0.1, -0.05) is 12.1 Å². The molecule has 0 aliphatic heterocycles. The predicted molar refractivity (Wildman–Crippen MR) is 77.1 cm³/mol. The van der Waals surface area contributed by atoms with Gasteiger partial charge >= 0.3 is 0 Å². The number of aliphatic hydroxyl groups is 1. The Morgan fingerprint density at radius 3 is 2.52 bits per heavy atom. The van der Waals surface area contributed by atoms with Crippen LogP contribution in [0.2, 0.25) is 0 Å². The molecule has 0 aliphatic rings. The largest absolute Gasteiger partial charge is 0.487 e. The number of aromatic nitrogens is 1. The fourth-order valence-electron chi connectivity index (χ4n) is 2.03. The first-order valence-electron chi connectivity index (χ1n) is 6.45. The summed E-state index contributed by atoms with van der Waals surface area (Å²) in [7, 11) is 0. The molecular weight excluding hydrogens is 272 g/mol. The van der Waals surface area contributed by atoms with Crippen molar-refractivity contribution in [2.24, 2.45) is 0 Å². The van der Waals surface area contributed by atoms with Gasteiger partial charge in [0.15, 0.2) is 0 Å². The van der Waals surface area contributed by atoms with E-state index >= 15 is 0 Å². The van der Waals surface area contributed by atoms with E-state index in [4.69, 9.17) is 9.84 Å². The molecule has 0 spiro atoms. The fraction of sp³-hybridized carbons (Fsp3) is 0.267. The van der Waals surface area contributed by atoms with Crippen molar-refractivity contribution in [3.63, 3.8) is 0 Å². The summed E-state index contributed by atoms with van der Waals surface area (Å²) >= 11 is 0. The van der Waals surface area contributed by atoms with Gasteiger partial charge < -0.3 is 9.84 Å². The standard InChI is InChI=1S/C15H16N2O4/c1-10-7-16-14(11(2)15(10)17(19)20)9-21-13-5-3-12(8-18)4-6-13/h3-7,18H,8-9H2,1-2H3. The van der Waals surface area contributed by atoms with Gasteiger partial charge in [-0.25, -0.2) is 0 Å². The average molecular weight is 288 g/mol. The Labute approximate surface area is 122 Å². The van der Waals surface area contributed by atoms with Gasteiger partial charge in [-0.15, -0.1) is 0 Å². The van der Waals surface area contributed by atoms with Crippen molar-refractivity contribution in [2.75, 3.05) is 0 Å². The zero-order chi connectivity index (χ0) is 15.4. The molecule has 1 N–H and O–H groups in total. The first kappa shape index (κ1) is 14.9. The van der Waals surface area contributed by atoms with E-state index in [9.17, 15) is 10.1 Å². The number of nitro groups is 1. The molecule has 0 amide bonds. The number of benzene rings is 1. The van der Waals surface area contributed by atoms with E-state index in [1.165, 1.54) is 6.20 Å². The number of hydrogen-bond acceptors (Lipinski definition) is 5. The van der Waals surface area contributed by atoms with E-state index in [1.807, 2.05) is 0 Å². The lowest BCUT2D eigenvalue weighted by molar-refractivity contribution is -0.386. The highest BCUT2D eigenvalue weighted by atomic mass is 16.6. The molecule has 0 radical (unpaired) electrons. The first-order chi connectivity index (χ1) is 10.0. The van der Waals surface area contributed by atoms with Crippen molar-refractivity contribution >= 4 is 5.69 Å². The molecule has 0 fully saturated rings. The topological polar surface area (TPSA) is 85.5 Å². The van der Waals surface area contributed by atoms with Crippen LogP contribution >= 0.6 is 0 Å². The molecule has 2 aromatic rings. The highest BCUT2D eigenvalue weighted by Crippen LogP contribution is 2.25. The van der Waals surface area contributed by atoms with Crippen LogP contribution in [0.5, 0.6) is 5.75 Å². The maximum absolute atomic E-state index is 11.1. The second kappa shape index (κ2) is 6.32. The maximum atomic E-state index is 11.1. The van der Waals surface area contributed by atoms with E-state index in [0.29, 0.717) is 22.6 Å². The van der Waals surface area contributed by atoms with Crippen LogP contribution < -0.4 is 4.74 Å². The minimum atomic E-state index is -0.397. The highest BCUT2D eigenvalue weighted by Gasteiger charge is 2.18. The number of pyridine rings is 1. The van der Waals surface area contributed by atoms with Crippen molar-refractivity contribution in [1.82, 2.24) is 4.98 Å². The van der Waals surface area contributed by atoms with Crippen molar-refractivity contribution < 1.29 is 14.8 Å². The Bertz CT molecular complexity index is 653. The number of hydrogen-bond donors (Lipinski definition) is 1. The van der Waals surface area contributed by atoms with Gasteiger partial charge in [0.2, 0.25) is 0 Å². The van der Waals surface area contributed by atoms with Gasteiger partial charge in [-0.2, -0.15) is 0 Å². The van der Waals surface area contributed by atoms with Crippen molar-refractivity contribution in [3.8, 4) is 5.75 Å². The van der Waals surface area contributed by atoms with Crippen molar-refractivity contribution in [3.05, 3.63) is 63.0 Å². The summed E-state index contributed by atoms with van der Waals surface area (Å²) in [4.78, 5) is 14.9. The summed E-state index contributed by atoms with van der Waals surface area (Å²) in [5, 5.41) is 20.0. The Kier molecular flexibility index (Phi) is 4.49. The Hall–Kier alpha value is -2.47. The summed E-state index contributed by atoms with van der Waals surface area (Å²) in [6.07, 6.45) is 1.48. The fourth-order valence-corrected chi connectivity index (χ4v) is 2.03. The van der Waals surface area contributed by atoms with Crippen LogP contribution in [0.15, 0.2) is 30.5 Å². The summed E-state index contributed by atoms with van der Waals surface area (Å²) in [6, 6.07) is 6.99. The smallest absolute Gasteiger partial charge is 0.278 e. The van der Waals surface area contributed by atoms with Gasteiger partial charge in [-0.05, 0) is 31.5 Å². The van der Waals surface area contributed by atoms with Crippen molar-refractivity contribution in [1.29, 1.82) is 0 Å². The van der Waals surface area contributed by atoms with Crippen LogP contribution in [-0.2, 0) is 13.2 Å². The third kappa shape index (κ3) is 3.35. The van der Waals surface area contributed by atoms with Crippen LogP contribution in [0.4, 0.5) is 5.69 Å². The van der Waals surface area contributed by atoms with E-state index < -0.39 is 4.92 Å². The lowest BCUT2D eigenvalue weighted by Crippen LogP contribution is -2.05. The molecule has 6 nitrogen and oxygen atoms in total. The van der Waals surface area contributed by atoms with Gasteiger partial charge in [-0.3, -0.25) is 15.1 Å². The minimum Gasteiger partial charge on any atom is -0.487 e. The molecular formula is C15H16N2O4. The molecule has 0 bridgehead atoms. The molecule has 1 heterocycles. The molecule has 1 aromatic heterocycles. The molecule has 6 heteroatoms. The highest BCUT2D eigenvalue weighted by molar-refractivity contribution is 5.47. The number of aliphatic hydroxyl groups excluding tert-OH is 1. The number of nitrogens with zero attached hydrogens (tertiary/aromatic N) is 2. The lowest BCUT2D eigenvalue weighted by Gasteiger charge is -2.09. The molecule has 0 saturated carbocycles. The molecule has 0 atom stereocenters. The SMILES string of the molecule is Cc1cnc(COc2ccc(CO)cc2)c(C)c1[N+](=O)[O-]. The first-order valence-corrected chi connectivity index (χ1v) is 6.45. The molecule has 0 unspecified atom stereocenters. The average Bonchev–Trinajstić information content (AvgIpc) is 2.46. The van der Waals surface area contributed by atoms with Crippen LogP contribution in [0.3, 0.4) is 0 Å². The van der Waals surface area contributed by atoms with Gasteiger partial charge in [0, 0.05) is 11.8 Å². The second-order valence-electron chi connectivity index (χ2n) is 4.71. The van der Waals surface area contributed by atoms with Gasteiger partial charge in [0.05, 0.1) is 22.8 Å². The zero-order valence-corrected chi connectivity index (χ0v) is 11.9. The summed E-state index contributed by atoms with van der Waals surface area (Å²) in [6.45, 7) is 3.47. The van der Waals surface area contributed by atoms with Crippen LogP contribution in [-0.4, -0.2) is 15.0 Å². The summed E-state index contributed by atoms with van der Waals surface area (Å²) in [5.74, 6) is 0.622. The van der Waals surface area contributed by atoms with E-state index in [2.05, 4.69) is 4.98 Å². The number of ether oxygens (including phenoxy) is 1. The minimum absolute atomic E-state index is 0.0227. The quantitative estimate of drug-likeness (QED) is 0.675. The Morgan fingerprint density at radius 1 is 1.29 bits per heavy atom. The molecule has 21 heavy (non-hydrogen) atoms. The molecule has 0 aliphatic carbocycles. The van der Waals surface area contributed by atoms with E-state index in [-0.39, 0.29) is 18.9 Å². The molecule has 110 valence electrons. The normalized spacial score (nSPS) is 10.4. The third-order valence-corrected chi connectivity index (χ3v) is 3.24. The zero-order valence-electron chi connectivity index (χ0n) is 11.9. The third-order valence-electron chi connectivity index (χ3n) is 3.24. The maximum Gasteiger partial charge on any atom is 0.278 e. The molecule has 2 rings (SSSR count). The Morgan fingerprint density at radius 2 is 1.95 bits per heavy atom. The number of aryl methyl sites for hydroxylation is 1. The van der Waals surface area contributed by atoms with E-state index in [0.717, 1.165) is 5.56 Å². The molecule has 1 aromatic carbocycles. The monoisotopic (exact) mass is 288 g/mol. The van der Waals surface area contributed by atoms with Crippen LogP contribution in [0.25, 0.3) is 0 Å². The van der Waals surface area contributed by atoms with Crippen LogP contribution in [0.1, 0.15) is 22.4 Å². The number of rotatable bonds is 5. The summed E-state index contributed by atoms with van der Waals surface area (Å²) in [5.41, 5.74) is 2.47. The van der Waals surface area contributed by atoms with Crippen LogP contribution in [0, 0.1) is 24.0 Å². The lowest BCUT2D eigenvalue weighted by atomic mass is 10.1. The Balaban J connectivity index is 2.16. The van der Waals surface area contributed by atoms with Crippen molar-refractivity contribution in [2.45, 2.75) is 27.1 Å².